The number of carbonyl (C=O) groups is 5. The highest BCUT2D eigenvalue weighted by atomic mass is 16.2. The number of nitrogens with two attached hydrogens (primary N) is 2. The van der Waals surface area contributed by atoms with E-state index in [1.54, 1.807) is 0 Å². The summed E-state index contributed by atoms with van der Waals surface area (Å²) in [4.78, 5) is 65.4. The van der Waals surface area contributed by atoms with Crippen LogP contribution in [0.1, 0.15) is 97.8 Å². The zero-order chi connectivity index (χ0) is 33.0. The molecule has 0 aliphatic heterocycles. The van der Waals surface area contributed by atoms with Gasteiger partial charge in [0.05, 0.1) is 11.8 Å². The second-order valence-corrected chi connectivity index (χ2v) is 11.5. The van der Waals surface area contributed by atoms with Crippen molar-refractivity contribution in [3.8, 4) is 0 Å². The van der Waals surface area contributed by atoms with Gasteiger partial charge in [-0.1, -0.05) is 52.9 Å². The average molecular weight is 626 g/mol. The maximum absolute atomic E-state index is 13.3. The number of Topliss-reactive ketones (excluding diaryl/α,β-unsaturated/α-hetero) is 2. The number of nitrogens with one attached hydrogen (secondary N) is 5. The lowest BCUT2D eigenvalue weighted by molar-refractivity contribution is -0.135. The van der Waals surface area contributed by atoms with Crippen molar-refractivity contribution in [2.24, 2.45) is 29.2 Å². The average Bonchev–Trinajstić information content (AvgIpc) is 3.00. The minimum atomic E-state index is -0.863. The van der Waals surface area contributed by atoms with Crippen LogP contribution in [0.5, 0.6) is 0 Å². The number of carbonyl (C=O) groups excluding carboxylic acids is 5. The fourth-order valence-corrected chi connectivity index (χ4v) is 4.96. The van der Waals surface area contributed by atoms with Gasteiger partial charge < -0.3 is 38.1 Å². The summed E-state index contributed by atoms with van der Waals surface area (Å²) in [5.41, 5.74) is 11.0. The molecule has 0 fully saturated rings. The SMILES string of the molecule is CCCCCCC(CC)C(=O)CC(CC(=O)CC(CC(=O)NCCNCCN)C(=O)NCCCC)C(=O)NCCNCCN. The smallest absolute Gasteiger partial charge is 0.224 e. The van der Waals surface area contributed by atoms with Crippen molar-refractivity contribution in [2.45, 2.75) is 97.8 Å². The summed E-state index contributed by atoms with van der Waals surface area (Å²) in [6.45, 7) is 10.6. The molecule has 256 valence electrons. The van der Waals surface area contributed by atoms with Crippen LogP contribution in [-0.2, 0) is 24.0 Å². The van der Waals surface area contributed by atoms with Crippen LogP contribution in [0.15, 0.2) is 0 Å². The quantitative estimate of drug-likeness (QED) is 0.0573. The first-order valence-corrected chi connectivity index (χ1v) is 16.9. The van der Waals surface area contributed by atoms with Crippen LogP contribution in [0, 0.1) is 17.8 Å². The third-order valence-electron chi connectivity index (χ3n) is 7.62. The second-order valence-electron chi connectivity index (χ2n) is 11.5. The van der Waals surface area contributed by atoms with Crippen molar-refractivity contribution >= 4 is 29.3 Å². The van der Waals surface area contributed by atoms with Crippen molar-refractivity contribution in [3.63, 3.8) is 0 Å². The molecule has 3 amide bonds. The number of unbranched alkanes of at least 4 members (excludes halogenated alkanes) is 4. The van der Waals surface area contributed by atoms with Crippen molar-refractivity contribution in [3.05, 3.63) is 0 Å². The molecule has 3 unspecified atom stereocenters. The first kappa shape index (κ1) is 41.6. The molecule has 12 heteroatoms. The lowest BCUT2D eigenvalue weighted by Crippen LogP contribution is -2.40. The Hall–Kier alpha value is -2.41. The van der Waals surface area contributed by atoms with Crippen molar-refractivity contribution < 1.29 is 24.0 Å². The Morgan fingerprint density at radius 2 is 1.09 bits per heavy atom. The van der Waals surface area contributed by atoms with Gasteiger partial charge in [-0.2, -0.15) is 0 Å². The predicted molar refractivity (Wildman–Crippen MR) is 176 cm³/mol. The molecule has 0 radical (unpaired) electrons. The highest BCUT2D eigenvalue weighted by Crippen LogP contribution is 2.23. The van der Waals surface area contributed by atoms with E-state index in [1.165, 1.54) is 0 Å². The van der Waals surface area contributed by atoms with E-state index in [1.807, 2.05) is 13.8 Å². The first-order valence-electron chi connectivity index (χ1n) is 16.9. The topological polar surface area (TPSA) is 198 Å². The van der Waals surface area contributed by atoms with Gasteiger partial charge in [0.15, 0.2) is 0 Å². The minimum absolute atomic E-state index is 0.00492. The second kappa shape index (κ2) is 28.1. The van der Waals surface area contributed by atoms with Crippen LogP contribution in [0.4, 0.5) is 0 Å². The van der Waals surface area contributed by atoms with Crippen LogP contribution in [0.25, 0.3) is 0 Å². The number of ketones is 2. The summed E-state index contributed by atoms with van der Waals surface area (Å²) in [5, 5.41) is 14.7. The third-order valence-corrected chi connectivity index (χ3v) is 7.62. The third kappa shape index (κ3) is 21.3. The summed E-state index contributed by atoms with van der Waals surface area (Å²) in [6.07, 6.45) is 6.90. The summed E-state index contributed by atoms with van der Waals surface area (Å²) in [6, 6.07) is 0. The molecule has 0 saturated carbocycles. The number of rotatable bonds is 30. The molecule has 0 rings (SSSR count). The molecule has 0 aromatic carbocycles. The fourth-order valence-electron chi connectivity index (χ4n) is 4.96. The summed E-state index contributed by atoms with van der Waals surface area (Å²) in [5.74, 6) is -3.20. The molecule has 12 nitrogen and oxygen atoms in total. The first-order chi connectivity index (χ1) is 21.2. The fraction of sp³-hybridized carbons (Fsp3) is 0.844. The van der Waals surface area contributed by atoms with E-state index >= 15 is 0 Å². The van der Waals surface area contributed by atoms with E-state index < -0.39 is 11.8 Å². The van der Waals surface area contributed by atoms with E-state index in [0.717, 1.165) is 44.9 Å². The number of hydrogen-bond donors (Lipinski definition) is 7. The molecule has 0 bridgehead atoms. The van der Waals surface area contributed by atoms with Crippen LogP contribution in [0.2, 0.25) is 0 Å². The molecule has 0 aromatic rings. The van der Waals surface area contributed by atoms with Crippen molar-refractivity contribution in [2.75, 3.05) is 58.9 Å². The van der Waals surface area contributed by atoms with E-state index in [0.29, 0.717) is 65.3 Å². The number of hydrogen-bond acceptors (Lipinski definition) is 9. The molecule has 0 aromatic heterocycles. The van der Waals surface area contributed by atoms with Crippen molar-refractivity contribution in [1.29, 1.82) is 0 Å². The molecule has 0 aliphatic carbocycles. The lowest BCUT2D eigenvalue weighted by Gasteiger charge is -2.21. The van der Waals surface area contributed by atoms with E-state index in [9.17, 15) is 24.0 Å². The largest absolute Gasteiger partial charge is 0.356 e. The van der Waals surface area contributed by atoms with Crippen LogP contribution in [-0.4, -0.2) is 88.2 Å². The maximum atomic E-state index is 13.3. The van der Waals surface area contributed by atoms with E-state index in [2.05, 4.69) is 33.5 Å². The highest BCUT2D eigenvalue weighted by molar-refractivity contribution is 5.94. The molecule has 0 heterocycles. The molecular weight excluding hydrogens is 562 g/mol. The molecule has 0 spiro atoms. The standard InChI is InChI=1S/C32H63N7O5/c1-4-7-9-10-11-25(6-3)29(41)23-26(31(43)39-20-18-36-16-13-34)21-28(40)22-27(32(44)38-14-8-5-2)24-30(42)37-19-17-35-15-12-33/h25-27,35-36H,4-24,33-34H2,1-3H3,(H,37,42)(H,38,44)(H,39,43). The summed E-state index contributed by atoms with van der Waals surface area (Å²) >= 11 is 0. The Kier molecular flexibility index (Phi) is 26.6. The van der Waals surface area contributed by atoms with Gasteiger partial charge in [0, 0.05) is 90.5 Å². The Morgan fingerprint density at radius 3 is 1.64 bits per heavy atom. The van der Waals surface area contributed by atoms with Gasteiger partial charge >= 0.3 is 0 Å². The van der Waals surface area contributed by atoms with Gasteiger partial charge in [0.2, 0.25) is 17.7 Å². The number of amides is 3. The zero-order valence-corrected chi connectivity index (χ0v) is 27.8. The molecule has 0 saturated heterocycles. The molecule has 9 N–H and O–H groups in total. The van der Waals surface area contributed by atoms with Gasteiger partial charge in [-0.3, -0.25) is 24.0 Å². The molecular formula is C32H63N7O5. The van der Waals surface area contributed by atoms with Crippen LogP contribution < -0.4 is 38.1 Å². The Bertz CT molecular complexity index is 812. The van der Waals surface area contributed by atoms with Gasteiger partial charge in [0.1, 0.15) is 11.6 Å². The van der Waals surface area contributed by atoms with Gasteiger partial charge in [0.25, 0.3) is 0 Å². The van der Waals surface area contributed by atoms with Crippen molar-refractivity contribution in [1.82, 2.24) is 26.6 Å². The van der Waals surface area contributed by atoms with E-state index in [4.69, 9.17) is 11.5 Å². The zero-order valence-electron chi connectivity index (χ0n) is 27.8. The summed E-state index contributed by atoms with van der Waals surface area (Å²) in [7, 11) is 0. The monoisotopic (exact) mass is 625 g/mol. The normalized spacial score (nSPS) is 13.1. The maximum Gasteiger partial charge on any atom is 0.224 e. The Labute approximate surface area is 265 Å². The lowest BCUT2D eigenvalue weighted by atomic mass is 9.85. The van der Waals surface area contributed by atoms with Gasteiger partial charge in [-0.15, -0.1) is 0 Å². The molecule has 44 heavy (non-hydrogen) atoms. The van der Waals surface area contributed by atoms with E-state index in [-0.39, 0.29) is 60.9 Å². The van der Waals surface area contributed by atoms with Crippen LogP contribution in [0.3, 0.4) is 0 Å². The Morgan fingerprint density at radius 1 is 0.545 bits per heavy atom. The van der Waals surface area contributed by atoms with Gasteiger partial charge in [-0.25, -0.2) is 0 Å². The summed E-state index contributed by atoms with van der Waals surface area (Å²) < 4.78 is 0. The Balaban J connectivity index is 5.51. The predicted octanol–water partition coefficient (Wildman–Crippen LogP) is 1.16. The molecule has 3 atom stereocenters. The minimum Gasteiger partial charge on any atom is -0.356 e. The van der Waals surface area contributed by atoms with Crippen LogP contribution >= 0.6 is 0 Å². The van der Waals surface area contributed by atoms with Gasteiger partial charge in [-0.05, 0) is 19.3 Å². The highest BCUT2D eigenvalue weighted by Gasteiger charge is 2.30. The molecule has 0 aliphatic rings.